The molecule has 2 aromatic rings. The zero-order chi connectivity index (χ0) is 19.1. The molecule has 1 unspecified atom stereocenters. The first-order valence-corrected chi connectivity index (χ1v) is 9.42. The van der Waals surface area contributed by atoms with E-state index in [2.05, 4.69) is 5.32 Å². The Morgan fingerprint density at radius 1 is 1.07 bits per heavy atom. The summed E-state index contributed by atoms with van der Waals surface area (Å²) < 4.78 is 5.64. The molecule has 0 spiro atoms. The molecule has 1 N–H and O–H groups in total. The fourth-order valence-electron chi connectivity index (χ4n) is 3.44. The van der Waals surface area contributed by atoms with Crippen LogP contribution in [0.1, 0.15) is 28.8 Å². The minimum absolute atomic E-state index is 0.0141. The zero-order valence-corrected chi connectivity index (χ0v) is 15.7. The Labute approximate surface area is 160 Å². The molecule has 2 aromatic carbocycles. The summed E-state index contributed by atoms with van der Waals surface area (Å²) in [5.41, 5.74) is 1.26. The van der Waals surface area contributed by atoms with Crippen molar-refractivity contribution in [3.63, 3.8) is 0 Å². The lowest BCUT2D eigenvalue weighted by atomic mass is 9.98. The van der Waals surface area contributed by atoms with E-state index in [0.717, 1.165) is 32.5 Å². The van der Waals surface area contributed by atoms with Gasteiger partial charge >= 0.3 is 0 Å². The molecular weight excluding hydrogens is 340 g/mol. The van der Waals surface area contributed by atoms with Gasteiger partial charge in [-0.25, -0.2) is 0 Å². The number of nitrogens with one attached hydrogen (secondary N) is 1. The summed E-state index contributed by atoms with van der Waals surface area (Å²) >= 11 is 0. The minimum atomic E-state index is -0.0258. The van der Waals surface area contributed by atoms with Gasteiger partial charge in [0.2, 0.25) is 0 Å². The van der Waals surface area contributed by atoms with E-state index in [1.54, 1.807) is 36.4 Å². The Bertz CT molecular complexity index is 757. The smallest absolute Gasteiger partial charge is 0.260 e. The Kier molecular flexibility index (Phi) is 6.60. The van der Waals surface area contributed by atoms with Crippen molar-refractivity contribution in [3.05, 3.63) is 65.7 Å². The van der Waals surface area contributed by atoms with Crippen molar-refractivity contribution in [2.45, 2.75) is 12.8 Å². The largest absolute Gasteiger partial charge is 0.484 e. The van der Waals surface area contributed by atoms with Gasteiger partial charge in [-0.3, -0.25) is 9.59 Å². The van der Waals surface area contributed by atoms with Gasteiger partial charge in [0.05, 0.1) is 0 Å². The molecule has 0 aromatic heterocycles. The van der Waals surface area contributed by atoms with Crippen LogP contribution in [0.3, 0.4) is 0 Å². The van der Waals surface area contributed by atoms with Gasteiger partial charge in [-0.2, -0.15) is 0 Å². The van der Waals surface area contributed by atoms with E-state index in [-0.39, 0.29) is 18.3 Å². The topological polar surface area (TPSA) is 58.6 Å². The van der Waals surface area contributed by atoms with Crippen LogP contribution in [-0.2, 0) is 4.79 Å². The number of amides is 1. The molecule has 142 valence electrons. The Balaban J connectivity index is 1.53. The minimum Gasteiger partial charge on any atom is -0.484 e. The number of hydrogen-bond donors (Lipinski definition) is 1. The number of hydrogen-bond acceptors (Lipinski definition) is 4. The number of likely N-dealkylation sites (tertiary alicyclic amines) is 1. The van der Waals surface area contributed by atoms with Gasteiger partial charge in [-0.1, -0.05) is 30.3 Å². The molecule has 1 heterocycles. The fraction of sp³-hybridized carbons (Fsp3) is 0.364. The summed E-state index contributed by atoms with van der Waals surface area (Å²) in [4.78, 5) is 26.7. The Morgan fingerprint density at radius 2 is 1.78 bits per heavy atom. The third-order valence-electron chi connectivity index (χ3n) is 4.88. The van der Waals surface area contributed by atoms with Gasteiger partial charge in [0.25, 0.3) is 5.91 Å². The quantitative estimate of drug-likeness (QED) is 0.766. The second kappa shape index (κ2) is 9.33. The summed E-state index contributed by atoms with van der Waals surface area (Å²) in [6.07, 6.45) is 2.19. The van der Waals surface area contributed by atoms with E-state index < -0.39 is 0 Å². The number of piperidine rings is 1. The van der Waals surface area contributed by atoms with Gasteiger partial charge in [0.15, 0.2) is 12.4 Å². The number of rotatable bonds is 7. The normalized spacial score (nSPS) is 16.8. The molecule has 1 aliphatic rings. The maximum atomic E-state index is 12.4. The molecule has 1 saturated heterocycles. The van der Waals surface area contributed by atoms with Crippen LogP contribution in [0.4, 0.5) is 0 Å². The number of ether oxygens (including phenoxy) is 1. The highest BCUT2D eigenvalue weighted by molar-refractivity contribution is 6.08. The van der Waals surface area contributed by atoms with Crippen molar-refractivity contribution in [2.75, 3.05) is 33.3 Å². The SMILES string of the molecule is CNCC1CCCN(C(=O)COc2ccc(C(=O)c3ccccc3)cc2)C1. The molecule has 1 aliphatic heterocycles. The van der Waals surface area contributed by atoms with Crippen LogP contribution in [0.25, 0.3) is 0 Å². The maximum absolute atomic E-state index is 12.4. The third kappa shape index (κ3) is 5.17. The lowest BCUT2D eigenvalue weighted by molar-refractivity contribution is -0.135. The number of nitrogens with zero attached hydrogens (tertiary/aromatic N) is 1. The van der Waals surface area contributed by atoms with E-state index in [4.69, 9.17) is 4.74 Å². The van der Waals surface area contributed by atoms with Gasteiger partial charge in [-0.05, 0) is 56.6 Å². The van der Waals surface area contributed by atoms with E-state index in [1.165, 1.54) is 0 Å². The average Bonchev–Trinajstić information content (AvgIpc) is 2.73. The molecule has 27 heavy (non-hydrogen) atoms. The lowest BCUT2D eigenvalue weighted by Crippen LogP contribution is -2.44. The summed E-state index contributed by atoms with van der Waals surface area (Å²) in [5.74, 6) is 1.09. The predicted molar refractivity (Wildman–Crippen MR) is 105 cm³/mol. The third-order valence-corrected chi connectivity index (χ3v) is 4.88. The van der Waals surface area contributed by atoms with E-state index >= 15 is 0 Å². The molecule has 5 heteroatoms. The van der Waals surface area contributed by atoms with Crippen molar-refractivity contribution in [1.82, 2.24) is 10.2 Å². The predicted octanol–water partition coefficient (Wildman–Crippen LogP) is 2.75. The molecule has 5 nitrogen and oxygen atoms in total. The van der Waals surface area contributed by atoms with E-state index in [9.17, 15) is 9.59 Å². The van der Waals surface area contributed by atoms with Crippen LogP contribution >= 0.6 is 0 Å². The molecule has 1 atom stereocenters. The number of benzene rings is 2. The van der Waals surface area contributed by atoms with E-state index in [0.29, 0.717) is 22.8 Å². The lowest BCUT2D eigenvalue weighted by Gasteiger charge is -2.32. The van der Waals surface area contributed by atoms with Crippen LogP contribution in [0.2, 0.25) is 0 Å². The summed E-state index contributed by atoms with van der Waals surface area (Å²) in [6, 6.07) is 16.1. The van der Waals surface area contributed by atoms with Crippen LogP contribution in [0.15, 0.2) is 54.6 Å². The summed E-state index contributed by atoms with van der Waals surface area (Å²) in [5, 5.41) is 3.18. The molecule has 3 rings (SSSR count). The summed E-state index contributed by atoms with van der Waals surface area (Å²) in [6.45, 7) is 2.54. The first kappa shape index (κ1) is 19.1. The van der Waals surface area contributed by atoms with Crippen molar-refractivity contribution in [2.24, 2.45) is 5.92 Å². The molecule has 0 aliphatic carbocycles. The second-order valence-corrected chi connectivity index (χ2v) is 6.91. The van der Waals surface area contributed by atoms with Crippen LogP contribution < -0.4 is 10.1 Å². The van der Waals surface area contributed by atoms with Crippen molar-refractivity contribution >= 4 is 11.7 Å². The average molecular weight is 366 g/mol. The zero-order valence-electron chi connectivity index (χ0n) is 15.7. The number of carbonyl (C=O) groups excluding carboxylic acids is 2. The monoisotopic (exact) mass is 366 g/mol. The molecule has 0 saturated carbocycles. The first-order chi connectivity index (χ1) is 13.2. The first-order valence-electron chi connectivity index (χ1n) is 9.42. The number of ketones is 1. The van der Waals surface area contributed by atoms with Gasteiger partial charge in [0.1, 0.15) is 5.75 Å². The highest BCUT2D eigenvalue weighted by Crippen LogP contribution is 2.18. The molecule has 0 bridgehead atoms. The molecular formula is C22H26N2O3. The molecule has 0 radical (unpaired) electrons. The Hall–Kier alpha value is -2.66. The number of carbonyl (C=O) groups is 2. The molecule has 1 fully saturated rings. The van der Waals surface area contributed by atoms with Crippen molar-refractivity contribution in [1.29, 1.82) is 0 Å². The Morgan fingerprint density at radius 3 is 2.48 bits per heavy atom. The summed E-state index contributed by atoms with van der Waals surface area (Å²) in [7, 11) is 1.94. The maximum Gasteiger partial charge on any atom is 0.260 e. The highest BCUT2D eigenvalue weighted by Gasteiger charge is 2.23. The standard InChI is InChI=1S/C22H26N2O3/c1-23-14-17-6-5-13-24(15-17)21(25)16-27-20-11-9-19(10-12-20)22(26)18-7-3-2-4-8-18/h2-4,7-12,17,23H,5-6,13-16H2,1H3. The van der Waals surface area contributed by atoms with E-state index in [1.807, 2.05) is 30.1 Å². The van der Waals surface area contributed by atoms with Gasteiger partial charge in [0, 0.05) is 24.2 Å². The van der Waals surface area contributed by atoms with Crippen LogP contribution in [-0.4, -0.2) is 49.9 Å². The highest BCUT2D eigenvalue weighted by atomic mass is 16.5. The fourth-order valence-corrected chi connectivity index (χ4v) is 3.44. The van der Waals surface area contributed by atoms with Crippen molar-refractivity contribution in [3.8, 4) is 5.75 Å². The van der Waals surface area contributed by atoms with Gasteiger partial charge < -0.3 is 15.0 Å². The second-order valence-electron chi connectivity index (χ2n) is 6.91. The van der Waals surface area contributed by atoms with Crippen LogP contribution in [0, 0.1) is 5.92 Å². The van der Waals surface area contributed by atoms with Crippen LogP contribution in [0.5, 0.6) is 5.75 Å². The van der Waals surface area contributed by atoms with Gasteiger partial charge in [-0.15, -0.1) is 0 Å². The molecule has 1 amide bonds. The van der Waals surface area contributed by atoms with Crippen molar-refractivity contribution < 1.29 is 14.3 Å².